The average Bonchev–Trinajstić information content (AvgIpc) is 3.13. The molecule has 4 rings (SSSR count). The highest BCUT2D eigenvalue weighted by atomic mass is 35.5. The van der Waals surface area contributed by atoms with Crippen LogP contribution in [0.4, 0.5) is 21.5 Å². The molecule has 0 radical (unpaired) electrons. The summed E-state index contributed by atoms with van der Waals surface area (Å²) in [5, 5.41) is 5.22. The Morgan fingerprint density at radius 2 is 1.63 bits per heavy atom. The zero-order chi connectivity index (χ0) is 27.2. The van der Waals surface area contributed by atoms with E-state index in [0.717, 1.165) is 29.9 Å². The third-order valence-corrected chi connectivity index (χ3v) is 5.97. The second-order valence-electron chi connectivity index (χ2n) is 8.34. The van der Waals surface area contributed by atoms with E-state index in [4.69, 9.17) is 16.3 Å². The van der Waals surface area contributed by atoms with Gasteiger partial charge in [0.05, 0.1) is 17.9 Å². The van der Waals surface area contributed by atoms with E-state index in [9.17, 15) is 23.6 Å². The summed E-state index contributed by atoms with van der Waals surface area (Å²) in [7, 11) is 0. The van der Waals surface area contributed by atoms with Gasteiger partial charge in [0.2, 0.25) is 0 Å². The number of hydrogen-bond donors (Lipinski definition) is 2. The summed E-state index contributed by atoms with van der Waals surface area (Å²) in [6.45, 7) is 2.35. The van der Waals surface area contributed by atoms with Crippen LogP contribution in [0.1, 0.15) is 40.5 Å². The second-order valence-corrected chi connectivity index (χ2v) is 8.72. The lowest BCUT2D eigenvalue weighted by molar-refractivity contribution is -0.120. The third-order valence-electron chi connectivity index (χ3n) is 5.62. The first kappa shape index (κ1) is 26.6. The lowest BCUT2D eigenvalue weighted by Crippen LogP contribution is -2.32. The molecule has 1 heterocycles. The highest BCUT2D eigenvalue weighted by Gasteiger charge is 2.39. The number of ether oxygens (including phenoxy) is 1. The van der Waals surface area contributed by atoms with Crippen LogP contribution in [0.3, 0.4) is 0 Å². The van der Waals surface area contributed by atoms with Crippen molar-refractivity contribution in [2.24, 2.45) is 0 Å². The van der Waals surface area contributed by atoms with Gasteiger partial charge in [-0.05, 0) is 73.2 Å². The zero-order valence-electron chi connectivity index (χ0n) is 20.3. The molecule has 3 aromatic rings. The van der Waals surface area contributed by atoms with E-state index in [1.54, 1.807) is 42.5 Å². The SMILES string of the molecule is CCCCOC(=O)c1ccc(NC(=O)c2cccc(NC3=C(Cl)C(=O)N(c4ccc(F)cc4)C3=O)c2)cc1. The minimum atomic E-state index is -0.752. The molecule has 1 aliphatic rings. The molecule has 2 N–H and O–H groups in total. The largest absolute Gasteiger partial charge is 0.462 e. The van der Waals surface area contributed by atoms with Gasteiger partial charge in [-0.25, -0.2) is 14.1 Å². The van der Waals surface area contributed by atoms with Gasteiger partial charge in [0.25, 0.3) is 17.7 Å². The Balaban J connectivity index is 1.43. The number of anilines is 3. The van der Waals surface area contributed by atoms with Crippen molar-refractivity contribution in [2.45, 2.75) is 19.8 Å². The van der Waals surface area contributed by atoms with Gasteiger partial charge in [0, 0.05) is 16.9 Å². The Bertz CT molecular complexity index is 1420. The Labute approximate surface area is 223 Å². The number of benzene rings is 3. The number of amides is 3. The molecule has 8 nitrogen and oxygen atoms in total. The average molecular weight is 536 g/mol. The van der Waals surface area contributed by atoms with Gasteiger partial charge in [-0.3, -0.25) is 14.4 Å². The van der Waals surface area contributed by atoms with Crippen LogP contribution in [0.2, 0.25) is 0 Å². The number of hydrogen-bond acceptors (Lipinski definition) is 6. The quantitative estimate of drug-likeness (QED) is 0.214. The fraction of sp³-hybridized carbons (Fsp3) is 0.143. The molecule has 0 saturated heterocycles. The van der Waals surface area contributed by atoms with Crippen LogP contribution in [-0.2, 0) is 14.3 Å². The van der Waals surface area contributed by atoms with Gasteiger partial charge in [0.15, 0.2) is 0 Å². The van der Waals surface area contributed by atoms with E-state index in [2.05, 4.69) is 10.6 Å². The zero-order valence-corrected chi connectivity index (χ0v) is 21.0. The summed E-state index contributed by atoms with van der Waals surface area (Å²) in [5.41, 5.74) is 1.46. The number of nitrogens with zero attached hydrogens (tertiary/aromatic N) is 1. The maximum atomic E-state index is 13.3. The highest BCUT2D eigenvalue weighted by Crippen LogP contribution is 2.30. The topological polar surface area (TPSA) is 105 Å². The van der Waals surface area contributed by atoms with E-state index in [1.807, 2.05) is 6.92 Å². The number of halogens is 2. The van der Waals surface area contributed by atoms with Crippen LogP contribution in [-0.4, -0.2) is 30.3 Å². The van der Waals surface area contributed by atoms with Crippen molar-refractivity contribution < 1.29 is 28.3 Å². The molecule has 38 heavy (non-hydrogen) atoms. The molecule has 0 spiro atoms. The normalized spacial score (nSPS) is 13.1. The van der Waals surface area contributed by atoms with E-state index in [1.165, 1.54) is 18.2 Å². The number of carbonyl (C=O) groups excluding carboxylic acids is 4. The van der Waals surface area contributed by atoms with E-state index >= 15 is 0 Å². The fourth-order valence-electron chi connectivity index (χ4n) is 3.60. The van der Waals surface area contributed by atoms with Crippen molar-refractivity contribution in [1.82, 2.24) is 0 Å². The molecule has 0 bridgehead atoms. The second kappa shape index (κ2) is 11.7. The van der Waals surface area contributed by atoms with Crippen LogP contribution >= 0.6 is 11.6 Å². The van der Waals surface area contributed by atoms with E-state index < -0.39 is 29.5 Å². The van der Waals surface area contributed by atoms with Gasteiger partial charge < -0.3 is 15.4 Å². The number of unbranched alkanes of at least 4 members (excludes halogenated alkanes) is 1. The summed E-state index contributed by atoms with van der Waals surface area (Å²) >= 11 is 6.15. The van der Waals surface area contributed by atoms with Crippen LogP contribution in [0.25, 0.3) is 0 Å². The van der Waals surface area contributed by atoms with Crippen LogP contribution in [0, 0.1) is 5.82 Å². The van der Waals surface area contributed by atoms with Crippen molar-refractivity contribution in [1.29, 1.82) is 0 Å². The summed E-state index contributed by atoms with van der Waals surface area (Å²) in [6, 6.07) is 17.4. The van der Waals surface area contributed by atoms with Gasteiger partial charge in [0.1, 0.15) is 16.5 Å². The molecule has 3 aromatic carbocycles. The van der Waals surface area contributed by atoms with Crippen molar-refractivity contribution in [2.75, 3.05) is 22.1 Å². The summed E-state index contributed by atoms with van der Waals surface area (Å²) in [5.74, 6) is -2.84. The maximum Gasteiger partial charge on any atom is 0.338 e. The third kappa shape index (κ3) is 5.90. The first-order valence-corrected chi connectivity index (χ1v) is 12.2. The minimum Gasteiger partial charge on any atom is -0.462 e. The van der Waals surface area contributed by atoms with Crippen LogP contribution in [0.15, 0.2) is 83.5 Å². The van der Waals surface area contributed by atoms with Crippen molar-refractivity contribution in [3.8, 4) is 0 Å². The minimum absolute atomic E-state index is 0.167. The van der Waals surface area contributed by atoms with Crippen molar-refractivity contribution >= 4 is 52.4 Å². The number of imide groups is 1. The van der Waals surface area contributed by atoms with Gasteiger partial charge in [-0.15, -0.1) is 0 Å². The molecule has 0 atom stereocenters. The highest BCUT2D eigenvalue weighted by molar-refractivity contribution is 6.53. The summed E-state index contributed by atoms with van der Waals surface area (Å²) in [4.78, 5) is 51.2. The predicted octanol–water partition coefficient (Wildman–Crippen LogP) is 5.47. The summed E-state index contributed by atoms with van der Waals surface area (Å²) in [6.07, 6.45) is 1.71. The van der Waals surface area contributed by atoms with Crippen LogP contribution < -0.4 is 15.5 Å². The first-order chi connectivity index (χ1) is 18.3. The van der Waals surface area contributed by atoms with Crippen molar-refractivity contribution in [3.05, 3.63) is 100 Å². The molecular weight excluding hydrogens is 513 g/mol. The maximum absolute atomic E-state index is 13.3. The lowest BCUT2D eigenvalue weighted by atomic mass is 10.1. The van der Waals surface area contributed by atoms with Gasteiger partial charge in [-0.2, -0.15) is 0 Å². The van der Waals surface area contributed by atoms with Crippen molar-refractivity contribution in [3.63, 3.8) is 0 Å². The molecule has 194 valence electrons. The van der Waals surface area contributed by atoms with Gasteiger partial charge >= 0.3 is 5.97 Å². The Morgan fingerprint density at radius 1 is 0.921 bits per heavy atom. The van der Waals surface area contributed by atoms with Gasteiger partial charge in [-0.1, -0.05) is 31.0 Å². The molecule has 0 saturated carbocycles. The molecule has 0 unspecified atom stereocenters. The number of carbonyl (C=O) groups is 4. The Kier molecular flexibility index (Phi) is 8.18. The monoisotopic (exact) mass is 535 g/mol. The van der Waals surface area contributed by atoms with E-state index in [0.29, 0.717) is 23.5 Å². The first-order valence-electron chi connectivity index (χ1n) is 11.8. The van der Waals surface area contributed by atoms with E-state index in [-0.39, 0.29) is 22.0 Å². The summed E-state index contributed by atoms with van der Waals surface area (Å²) < 4.78 is 18.4. The molecule has 3 amide bonds. The number of esters is 1. The van der Waals surface area contributed by atoms with Crippen LogP contribution in [0.5, 0.6) is 0 Å². The smallest absolute Gasteiger partial charge is 0.338 e. The number of nitrogens with one attached hydrogen (secondary N) is 2. The number of rotatable bonds is 9. The molecule has 10 heteroatoms. The fourth-order valence-corrected chi connectivity index (χ4v) is 3.82. The molecule has 0 fully saturated rings. The predicted molar refractivity (Wildman–Crippen MR) is 141 cm³/mol. The standard InChI is InChI=1S/C28H23ClFN3O5/c1-2-3-15-38-28(37)17-7-11-20(12-8-17)32-25(34)18-5-4-6-21(16-18)31-24-23(29)26(35)33(27(24)36)22-13-9-19(30)10-14-22/h4-14,16,31H,2-3,15H2,1H3,(H,32,34). The molecule has 1 aliphatic heterocycles. The Morgan fingerprint density at radius 3 is 2.32 bits per heavy atom. The Hall–Kier alpha value is -4.50. The molecule has 0 aliphatic carbocycles. The lowest BCUT2D eigenvalue weighted by Gasteiger charge is -2.15. The molecular formula is C28H23ClFN3O5. The molecule has 0 aromatic heterocycles.